The number of halogens is 2. The van der Waals surface area contributed by atoms with E-state index in [9.17, 15) is 13.6 Å². The number of hydrogen-bond donors (Lipinski definition) is 2. The highest BCUT2D eigenvalue weighted by Crippen LogP contribution is 2.13. The van der Waals surface area contributed by atoms with Crippen molar-refractivity contribution in [1.29, 1.82) is 0 Å². The predicted octanol–water partition coefficient (Wildman–Crippen LogP) is 1.05. The average molecular weight is 305 g/mol. The van der Waals surface area contributed by atoms with Crippen LogP contribution < -0.4 is 11.5 Å². The third-order valence-electron chi connectivity index (χ3n) is 2.62. The molecule has 114 valence electrons. The van der Waals surface area contributed by atoms with Crippen molar-refractivity contribution < 1.29 is 13.6 Å². The van der Waals surface area contributed by atoms with Gasteiger partial charge in [-0.3, -0.25) is 4.79 Å². The van der Waals surface area contributed by atoms with E-state index in [0.717, 1.165) is 18.2 Å². The summed E-state index contributed by atoms with van der Waals surface area (Å²) in [6, 6.07) is 3.02. The number of nitrogens with zero attached hydrogens (tertiary/aromatic N) is 3. The van der Waals surface area contributed by atoms with Crippen molar-refractivity contribution in [2.45, 2.75) is 6.42 Å². The van der Waals surface area contributed by atoms with Gasteiger partial charge >= 0.3 is 0 Å². The lowest BCUT2D eigenvalue weighted by Gasteiger charge is -2.01. The maximum absolute atomic E-state index is 13.2. The minimum Gasteiger partial charge on any atom is -0.404 e. The molecule has 0 unspecified atom stereocenters. The van der Waals surface area contributed by atoms with Gasteiger partial charge in [-0.2, -0.15) is 10.1 Å². The summed E-state index contributed by atoms with van der Waals surface area (Å²) < 4.78 is 27.6. The van der Waals surface area contributed by atoms with Crippen LogP contribution >= 0.6 is 0 Å². The SMILES string of the molecule is N/C=C\C(N)=NC(=O)Cc1cnn(-c2cc(F)cc(F)c2)c1. The summed E-state index contributed by atoms with van der Waals surface area (Å²) in [4.78, 5) is 15.3. The Hall–Kier alpha value is -3.03. The molecule has 0 fully saturated rings. The van der Waals surface area contributed by atoms with Crippen molar-refractivity contribution in [3.05, 3.63) is 60.1 Å². The van der Waals surface area contributed by atoms with Crippen LogP contribution in [0.15, 0.2) is 47.9 Å². The zero-order chi connectivity index (χ0) is 16.1. The van der Waals surface area contributed by atoms with Gasteiger partial charge in [0.15, 0.2) is 0 Å². The fraction of sp³-hybridized carbons (Fsp3) is 0.0714. The zero-order valence-electron chi connectivity index (χ0n) is 11.4. The number of hydrogen-bond acceptors (Lipinski definition) is 3. The molecule has 0 aliphatic heterocycles. The van der Waals surface area contributed by atoms with Gasteiger partial charge in [-0.15, -0.1) is 0 Å². The van der Waals surface area contributed by atoms with Gasteiger partial charge in [0.2, 0.25) is 0 Å². The Morgan fingerprint density at radius 1 is 1.32 bits per heavy atom. The number of carbonyl (C=O) groups excluding carboxylic acids is 1. The van der Waals surface area contributed by atoms with Crippen molar-refractivity contribution >= 4 is 11.7 Å². The van der Waals surface area contributed by atoms with Gasteiger partial charge in [-0.25, -0.2) is 13.5 Å². The summed E-state index contributed by atoms with van der Waals surface area (Å²) in [7, 11) is 0. The number of nitrogens with two attached hydrogens (primary N) is 2. The molecule has 8 heteroatoms. The predicted molar refractivity (Wildman–Crippen MR) is 77.1 cm³/mol. The molecule has 2 rings (SSSR count). The van der Waals surface area contributed by atoms with Crippen LogP contribution in [0.5, 0.6) is 0 Å². The number of benzene rings is 1. The Labute approximate surface area is 124 Å². The zero-order valence-corrected chi connectivity index (χ0v) is 11.4. The van der Waals surface area contributed by atoms with E-state index in [1.165, 1.54) is 29.4 Å². The van der Waals surface area contributed by atoms with Gasteiger partial charge in [0, 0.05) is 12.3 Å². The maximum atomic E-state index is 13.2. The lowest BCUT2D eigenvalue weighted by Crippen LogP contribution is -2.12. The van der Waals surface area contributed by atoms with E-state index in [4.69, 9.17) is 11.5 Å². The van der Waals surface area contributed by atoms with E-state index in [1.54, 1.807) is 0 Å². The number of rotatable bonds is 4. The van der Waals surface area contributed by atoms with Gasteiger partial charge in [0.25, 0.3) is 5.91 Å². The van der Waals surface area contributed by atoms with Crippen LogP contribution in [-0.4, -0.2) is 21.5 Å². The second-order valence-corrected chi connectivity index (χ2v) is 4.39. The summed E-state index contributed by atoms with van der Waals surface area (Å²) >= 11 is 0. The lowest BCUT2D eigenvalue weighted by molar-refractivity contribution is -0.117. The topological polar surface area (TPSA) is 99.3 Å². The molecule has 0 bridgehead atoms. The van der Waals surface area contributed by atoms with Crippen LogP contribution in [0.25, 0.3) is 5.69 Å². The molecule has 1 aromatic heterocycles. The van der Waals surface area contributed by atoms with Crippen molar-refractivity contribution in [2.75, 3.05) is 0 Å². The van der Waals surface area contributed by atoms with Crippen LogP contribution in [0.2, 0.25) is 0 Å². The molecule has 0 spiro atoms. The Balaban J connectivity index is 2.15. The third kappa shape index (κ3) is 3.98. The van der Waals surface area contributed by atoms with Gasteiger partial charge in [-0.1, -0.05) is 0 Å². The second kappa shape index (κ2) is 6.61. The van der Waals surface area contributed by atoms with Gasteiger partial charge < -0.3 is 11.5 Å². The molecule has 0 atom stereocenters. The van der Waals surface area contributed by atoms with E-state index in [1.807, 2.05) is 0 Å². The van der Waals surface area contributed by atoms with E-state index >= 15 is 0 Å². The minimum atomic E-state index is -0.714. The first-order valence-electron chi connectivity index (χ1n) is 6.23. The first-order chi connectivity index (χ1) is 10.5. The van der Waals surface area contributed by atoms with Crippen molar-refractivity contribution in [3.8, 4) is 5.69 Å². The van der Waals surface area contributed by atoms with Gasteiger partial charge in [-0.05, 0) is 30.0 Å². The summed E-state index contributed by atoms with van der Waals surface area (Å²) in [5, 5.41) is 3.95. The van der Waals surface area contributed by atoms with Crippen molar-refractivity contribution in [3.63, 3.8) is 0 Å². The van der Waals surface area contributed by atoms with Crippen molar-refractivity contribution in [2.24, 2.45) is 16.5 Å². The standard InChI is InChI=1S/C14H13F2N5O/c15-10-4-11(16)6-12(5-10)21-8-9(7-19-21)3-14(22)20-13(18)1-2-17/h1-2,4-8H,3,17H2,(H2,18,20,22)/b2-1-. The Morgan fingerprint density at radius 2 is 2.00 bits per heavy atom. The Morgan fingerprint density at radius 3 is 2.64 bits per heavy atom. The largest absolute Gasteiger partial charge is 0.404 e. The second-order valence-electron chi connectivity index (χ2n) is 4.39. The highest BCUT2D eigenvalue weighted by Gasteiger charge is 2.08. The molecule has 2 aromatic rings. The fourth-order valence-electron chi connectivity index (χ4n) is 1.76. The molecule has 0 radical (unpaired) electrons. The van der Waals surface area contributed by atoms with E-state index in [-0.39, 0.29) is 17.9 Å². The lowest BCUT2D eigenvalue weighted by atomic mass is 10.2. The smallest absolute Gasteiger partial charge is 0.252 e. The van der Waals surface area contributed by atoms with Crippen LogP contribution in [-0.2, 0) is 11.2 Å². The third-order valence-corrected chi connectivity index (χ3v) is 2.62. The molecule has 0 saturated heterocycles. The van der Waals surface area contributed by atoms with Gasteiger partial charge in [0.1, 0.15) is 17.5 Å². The monoisotopic (exact) mass is 305 g/mol. The summed E-state index contributed by atoms with van der Waals surface area (Å²) in [6.45, 7) is 0. The summed E-state index contributed by atoms with van der Waals surface area (Å²) in [5.74, 6) is -1.92. The summed E-state index contributed by atoms with van der Waals surface area (Å²) in [5.41, 5.74) is 11.3. The number of amides is 1. The van der Waals surface area contributed by atoms with E-state index in [0.29, 0.717) is 5.56 Å². The molecule has 0 saturated carbocycles. The minimum absolute atomic E-state index is 0.00732. The van der Waals surface area contributed by atoms with Crippen LogP contribution in [0.4, 0.5) is 8.78 Å². The van der Waals surface area contributed by atoms with Crippen LogP contribution in [0.1, 0.15) is 5.56 Å². The highest BCUT2D eigenvalue weighted by atomic mass is 19.1. The normalized spacial score (nSPS) is 12.0. The Bertz CT molecular complexity index is 731. The van der Waals surface area contributed by atoms with Crippen LogP contribution in [0, 0.1) is 11.6 Å². The van der Waals surface area contributed by atoms with Crippen LogP contribution in [0.3, 0.4) is 0 Å². The first kappa shape index (κ1) is 15.4. The van der Waals surface area contributed by atoms with E-state index < -0.39 is 17.5 Å². The quantitative estimate of drug-likeness (QED) is 0.651. The molecule has 22 heavy (non-hydrogen) atoms. The Kier molecular flexibility index (Phi) is 4.62. The molecule has 1 amide bonds. The fourth-order valence-corrected chi connectivity index (χ4v) is 1.76. The number of amidine groups is 1. The molecule has 0 aliphatic rings. The summed E-state index contributed by atoms with van der Waals surface area (Å²) in [6.07, 6.45) is 5.30. The molecule has 4 N–H and O–H groups in total. The molecule has 1 heterocycles. The average Bonchev–Trinajstić information content (AvgIpc) is 2.86. The molecule has 6 nitrogen and oxygen atoms in total. The molecule has 1 aromatic carbocycles. The number of aliphatic imine (C=N–C) groups is 1. The highest BCUT2D eigenvalue weighted by molar-refractivity contribution is 6.00. The van der Waals surface area contributed by atoms with Gasteiger partial charge in [0.05, 0.1) is 18.3 Å². The number of carbonyl (C=O) groups is 1. The first-order valence-corrected chi connectivity index (χ1v) is 6.23. The molecular weight excluding hydrogens is 292 g/mol. The van der Waals surface area contributed by atoms with E-state index in [2.05, 4.69) is 10.1 Å². The van der Waals surface area contributed by atoms with Crippen molar-refractivity contribution in [1.82, 2.24) is 9.78 Å². The number of aromatic nitrogens is 2. The maximum Gasteiger partial charge on any atom is 0.252 e. The molecular formula is C14H13F2N5O. The molecule has 0 aliphatic carbocycles.